The van der Waals surface area contributed by atoms with Crippen molar-refractivity contribution >= 4 is 38.6 Å². The molecule has 0 N–H and O–H groups in total. The molecular formula is CP4S. The van der Waals surface area contributed by atoms with E-state index >= 15 is 0 Å². The number of hydrogen-bond donors (Lipinski definition) is 0. The fourth-order valence-corrected chi connectivity index (χ4v) is 44.5. The van der Waals surface area contributed by atoms with E-state index in [0.717, 1.165) is 10.9 Å². The minimum absolute atomic E-state index is 0.322. The molecule has 0 aromatic carbocycles. The second kappa shape index (κ2) is 0.621. The summed E-state index contributed by atoms with van der Waals surface area (Å²) in [5.74, 6) is 0.322. The zero-order valence-corrected chi connectivity index (χ0v) is 7.09. The van der Waals surface area contributed by atoms with Gasteiger partial charge in [0, 0.05) is 5.98 Å². The van der Waals surface area contributed by atoms with Crippen LogP contribution < -0.4 is 0 Å². The summed E-state index contributed by atoms with van der Waals surface area (Å²) >= 11 is 5.16. The summed E-state index contributed by atoms with van der Waals surface area (Å²) < 4.78 is 1.02. The third kappa shape index (κ3) is 0.152. The average Bonchev–Trinajstić information content (AvgIpc) is 2.13. The van der Waals surface area contributed by atoms with Gasteiger partial charge < -0.3 is 0 Å². The zero-order chi connectivity index (χ0) is 3.94. The molecule has 0 aromatic heterocycles. The van der Waals surface area contributed by atoms with Crippen molar-refractivity contribution in [3.63, 3.8) is 0 Å². The Bertz CT molecular complexity index is 328. The molecular weight excluding hydrogens is 168 g/mol. The molecule has 30 valence electrons. The third-order valence-corrected chi connectivity index (χ3v) is 32.6. The van der Waals surface area contributed by atoms with E-state index in [2.05, 4.69) is 0 Å². The normalized spacial score (nSPS) is 73.7. The molecule has 0 fully saturated rings. The van der Waals surface area contributed by atoms with Gasteiger partial charge in [-0.1, -0.05) is 11.8 Å². The molecule has 0 radical (unpaired) electrons. The molecule has 0 aliphatic carbocycles. The van der Waals surface area contributed by atoms with E-state index in [0.29, 0.717) is 12.5 Å². The fourth-order valence-electron chi connectivity index (χ4n) is 0.666. The summed E-state index contributed by atoms with van der Waals surface area (Å²) in [7, 11) is 1.83. The molecule has 3 aliphatic heterocycles. The Hall–Kier alpha value is 1.42. The van der Waals surface area contributed by atoms with Crippen LogP contribution in [0.5, 0.6) is 0 Å². The molecule has 1 spiro atoms. The van der Waals surface area contributed by atoms with Crippen LogP contribution in [0.3, 0.4) is 0 Å². The summed E-state index contributed by atoms with van der Waals surface area (Å²) in [6, 6.07) is 0. The third-order valence-electron chi connectivity index (χ3n) is 1.26. The minimum Gasteiger partial charge on any atom is -0.0554 e. The maximum absolute atomic E-state index is 5.16. The first-order valence-electron chi connectivity index (χ1n) is 1.68. The van der Waals surface area contributed by atoms with Gasteiger partial charge in [-0.3, -0.25) is 0 Å². The number of hydrogen-bond acceptors (Lipinski definition) is 1. The van der Waals surface area contributed by atoms with Crippen LogP contribution in [0.2, 0.25) is 0 Å². The molecule has 0 saturated carbocycles. The highest BCUT2D eigenvalue weighted by molar-refractivity contribution is 8.77. The van der Waals surface area contributed by atoms with E-state index in [1.54, 1.807) is 0 Å². The van der Waals surface area contributed by atoms with Gasteiger partial charge in [0.2, 0.25) is 0 Å². The second-order valence-corrected chi connectivity index (χ2v) is 18.7. The van der Waals surface area contributed by atoms with Crippen LogP contribution in [0.4, 0.5) is 0 Å². The molecule has 0 nitrogen and oxygen atoms in total. The SMILES string of the molecule is S=P1=P2=P3=PC132. The lowest BCUT2D eigenvalue weighted by Crippen LogP contribution is -1.46. The van der Waals surface area contributed by atoms with Crippen LogP contribution in [0, 0.1) is 0 Å². The summed E-state index contributed by atoms with van der Waals surface area (Å²) in [5, 5.41) is 0. The minimum atomic E-state index is 0.322. The van der Waals surface area contributed by atoms with Gasteiger partial charge in [0.25, 0.3) is 0 Å². The van der Waals surface area contributed by atoms with Crippen molar-refractivity contribution in [2.24, 2.45) is 0 Å². The van der Waals surface area contributed by atoms with E-state index < -0.39 is 0 Å². The van der Waals surface area contributed by atoms with Crippen molar-refractivity contribution in [3.8, 4) is 0 Å². The van der Waals surface area contributed by atoms with Crippen LogP contribution in [-0.2, 0) is 11.8 Å². The molecule has 4 atom stereocenters. The first-order chi connectivity index (χ1) is 2.87. The quantitative estimate of drug-likeness (QED) is 0.500. The van der Waals surface area contributed by atoms with Gasteiger partial charge in [0.05, 0.1) is 0 Å². The molecule has 3 aliphatic rings. The van der Waals surface area contributed by atoms with E-state index in [1.165, 1.54) is 0 Å². The van der Waals surface area contributed by atoms with Gasteiger partial charge in [0.15, 0.2) is 4.38 Å². The molecule has 0 amide bonds. The van der Waals surface area contributed by atoms with Gasteiger partial charge in [-0.25, -0.2) is 0 Å². The van der Waals surface area contributed by atoms with Crippen molar-refractivity contribution in [1.29, 1.82) is 0 Å². The first kappa shape index (κ1) is 3.45. The van der Waals surface area contributed by atoms with E-state index in [1.807, 2.05) is 7.87 Å². The molecule has 6 heavy (non-hydrogen) atoms. The van der Waals surface area contributed by atoms with Crippen molar-refractivity contribution in [2.45, 2.75) is 4.38 Å². The Morgan fingerprint density at radius 3 is 2.33 bits per heavy atom. The largest absolute Gasteiger partial charge is 0.158 e. The maximum atomic E-state index is 5.16. The molecule has 3 rings (SSSR count). The Kier molecular flexibility index (Phi) is 0.357. The maximum Gasteiger partial charge on any atom is 0.158 e. The summed E-state index contributed by atoms with van der Waals surface area (Å²) in [6.45, 7) is 1.42. The van der Waals surface area contributed by atoms with Crippen molar-refractivity contribution in [2.75, 3.05) is 0 Å². The van der Waals surface area contributed by atoms with E-state index in [-0.39, 0.29) is 0 Å². The second-order valence-electron chi connectivity index (χ2n) is 1.55. The van der Waals surface area contributed by atoms with Crippen molar-refractivity contribution in [1.82, 2.24) is 0 Å². The monoisotopic (exact) mass is 168 g/mol. The van der Waals surface area contributed by atoms with Gasteiger partial charge in [-0.15, -0.1) is 0 Å². The molecule has 4 unspecified atom stereocenters. The van der Waals surface area contributed by atoms with E-state index in [9.17, 15) is 0 Å². The molecule has 0 saturated heterocycles. The highest BCUT2D eigenvalue weighted by Crippen LogP contribution is 3.18. The molecule has 0 bridgehead atoms. The first-order valence-corrected chi connectivity index (χ1v) is 9.73. The van der Waals surface area contributed by atoms with Crippen LogP contribution >= 0.6 is 26.8 Å². The van der Waals surface area contributed by atoms with Crippen LogP contribution in [0.15, 0.2) is 0 Å². The Balaban J connectivity index is 3.28. The topological polar surface area (TPSA) is 0 Å². The Morgan fingerprint density at radius 2 is 2.33 bits per heavy atom. The van der Waals surface area contributed by atoms with E-state index in [4.69, 9.17) is 11.8 Å². The lowest BCUT2D eigenvalue weighted by atomic mass is 11.8. The van der Waals surface area contributed by atoms with Crippen LogP contribution in [-0.4, -0.2) is 4.38 Å². The fraction of sp³-hybridized carbons (Fsp3) is 1.00. The highest BCUT2D eigenvalue weighted by Gasteiger charge is 2.69. The average molecular weight is 168 g/mol. The summed E-state index contributed by atoms with van der Waals surface area (Å²) in [5.41, 5.74) is 0. The van der Waals surface area contributed by atoms with Gasteiger partial charge in [0.1, 0.15) is 0 Å². The zero-order valence-electron chi connectivity index (χ0n) is 2.70. The van der Waals surface area contributed by atoms with Gasteiger partial charge in [-0.05, 0) is 20.9 Å². The Morgan fingerprint density at radius 1 is 1.67 bits per heavy atom. The van der Waals surface area contributed by atoms with Crippen LogP contribution in [0.25, 0.3) is 0 Å². The van der Waals surface area contributed by atoms with Crippen molar-refractivity contribution < 1.29 is 0 Å². The number of rotatable bonds is 0. The highest BCUT2D eigenvalue weighted by atomic mass is 32.6. The predicted molar refractivity (Wildman–Crippen MR) is 37.8 cm³/mol. The predicted octanol–water partition coefficient (Wildman–Crippen LogP) is 3.24. The van der Waals surface area contributed by atoms with Crippen LogP contribution in [0.1, 0.15) is 0 Å². The standard InChI is InChI=1S/CP4S/c6-5-1-2-3(1)4(1)5. The summed E-state index contributed by atoms with van der Waals surface area (Å²) in [4.78, 5) is 0. The van der Waals surface area contributed by atoms with Crippen molar-refractivity contribution in [3.05, 3.63) is 0 Å². The van der Waals surface area contributed by atoms with Gasteiger partial charge in [-0.2, -0.15) is 0 Å². The van der Waals surface area contributed by atoms with Gasteiger partial charge >= 0.3 is 0 Å². The lowest BCUT2D eigenvalue weighted by molar-refractivity contribution is 2.05. The smallest absolute Gasteiger partial charge is 0.0554 e. The molecule has 5 heteroatoms. The summed E-state index contributed by atoms with van der Waals surface area (Å²) in [6.07, 6.45) is 0. The Labute approximate surface area is 43.4 Å². The molecule has 0 aromatic rings. The molecule has 3 heterocycles. The lowest BCUT2D eigenvalue weighted by Gasteiger charge is -1.56.